The molecule has 8 nitrogen and oxygen atoms in total. The first kappa shape index (κ1) is 21.9. The summed E-state index contributed by atoms with van der Waals surface area (Å²) < 4.78 is 10.1. The molecule has 0 saturated heterocycles. The number of fused-ring (bicyclic) bond motifs is 3. The summed E-state index contributed by atoms with van der Waals surface area (Å²) in [4.78, 5) is 34.7. The molecule has 0 heterocycles. The molecule has 1 unspecified atom stereocenters. The standard InChI is InChI=1S/C23H22N2O6/c1-30-14-20(22(27)28)25-21(26)11-6-12-24-23(29)31-13-19-17-9-4-2-7-15(17)16-8-3-5-10-18(16)19/h2-5,7-10,19-20H,12-14H2,1H3,(H,24,29)(H,25,26)(H,27,28). The van der Waals surface area contributed by atoms with E-state index in [0.717, 1.165) is 22.3 Å². The zero-order chi connectivity index (χ0) is 22.2. The number of ether oxygens (including phenoxy) is 2. The van der Waals surface area contributed by atoms with Gasteiger partial charge in [0, 0.05) is 13.0 Å². The predicted octanol–water partition coefficient (Wildman–Crippen LogP) is 1.74. The summed E-state index contributed by atoms with van der Waals surface area (Å²) >= 11 is 0. The van der Waals surface area contributed by atoms with Crippen molar-refractivity contribution in [2.45, 2.75) is 12.0 Å². The van der Waals surface area contributed by atoms with E-state index >= 15 is 0 Å². The number of hydrogen-bond donors (Lipinski definition) is 3. The van der Waals surface area contributed by atoms with Crippen molar-refractivity contribution in [2.24, 2.45) is 0 Å². The third kappa shape index (κ3) is 5.41. The summed E-state index contributed by atoms with van der Waals surface area (Å²) in [6.45, 7) is -0.127. The number of aliphatic carboxylic acids is 1. The number of nitrogens with one attached hydrogen (secondary N) is 2. The number of methoxy groups -OCH3 is 1. The van der Waals surface area contributed by atoms with Crippen LogP contribution in [0.1, 0.15) is 17.0 Å². The van der Waals surface area contributed by atoms with Gasteiger partial charge in [-0.2, -0.15) is 0 Å². The summed E-state index contributed by atoms with van der Waals surface area (Å²) in [5.74, 6) is 2.61. The van der Waals surface area contributed by atoms with Crippen LogP contribution < -0.4 is 10.6 Å². The third-order valence-electron chi connectivity index (χ3n) is 4.80. The van der Waals surface area contributed by atoms with Gasteiger partial charge in [0.2, 0.25) is 0 Å². The van der Waals surface area contributed by atoms with E-state index < -0.39 is 24.0 Å². The van der Waals surface area contributed by atoms with Crippen LogP contribution in [-0.2, 0) is 19.1 Å². The first-order valence-corrected chi connectivity index (χ1v) is 9.61. The minimum absolute atomic E-state index is 0.0521. The summed E-state index contributed by atoms with van der Waals surface area (Å²) in [6.07, 6.45) is -0.653. The van der Waals surface area contributed by atoms with Gasteiger partial charge in [0.05, 0.1) is 13.2 Å². The lowest BCUT2D eigenvalue weighted by molar-refractivity contribution is -0.142. The molecular formula is C23H22N2O6. The molecule has 0 saturated carbocycles. The number of carbonyl (C=O) groups excluding carboxylic acids is 2. The molecule has 2 amide bonds. The first-order chi connectivity index (χ1) is 15.0. The van der Waals surface area contributed by atoms with Crippen molar-refractivity contribution in [3.8, 4) is 23.0 Å². The summed E-state index contributed by atoms with van der Waals surface area (Å²) in [6, 6.07) is 14.8. The second-order valence-corrected chi connectivity index (χ2v) is 6.80. The van der Waals surface area contributed by atoms with Gasteiger partial charge in [-0.1, -0.05) is 54.5 Å². The lowest BCUT2D eigenvalue weighted by Gasteiger charge is -2.14. The quantitative estimate of drug-likeness (QED) is 0.586. The fourth-order valence-electron chi connectivity index (χ4n) is 3.43. The molecule has 3 N–H and O–H groups in total. The molecule has 0 aromatic heterocycles. The van der Waals surface area contributed by atoms with Gasteiger partial charge < -0.3 is 25.2 Å². The van der Waals surface area contributed by atoms with E-state index in [-0.39, 0.29) is 25.7 Å². The van der Waals surface area contributed by atoms with Crippen molar-refractivity contribution in [1.82, 2.24) is 10.6 Å². The molecule has 31 heavy (non-hydrogen) atoms. The zero-order valence-electron chi connectivity index (χ0n) is 16.9. The Morgan fingerprint density at radius 2 is 1.68 bits per heavy atom. The van der Waals surface area contributed by atoms with Gasteiger partial charge in [-0.25, -0.2) is 9.59 Å². The van der Waals surface area contributed by atoms with Crippen molar-refractivity contribution in [1.29, 1.82) is 0 Å². The molecule has 1 atom stereocenters. The largest absolute Gasteiger partial charge is 0.480 e. The van der Waals surface area contributed by atoms with Crippen LogP contribution in [0.25, 0.3) is 11.1 Å². The Hall–Kier alpha value is -3.83. The highest BCUT2D eigenvalue weighted by Gasteiger charge is 2.28. The van der Waals surface area contributed by atoms with Crippen molar-refractivity contribution < 1.29 is 29.0 Å². The monoisotopic (exact) mass is 422 g/mol. The molecule has 2 aromatic rings. The minimum atomic E-state index is -1.23. The Labute approximate surface area is 179 Å². The third-order valence-corrected chi connectivity index (χ3v) is 4.80. The van der Waals surface area contributed by atoms with Gasteiger partial charge in [0.1, 0.15) is 6.61 Å². The minimum Gasteiger partial charge on any atom is -0.480 e. The average molecular weight is 422 g/mol. The van der Waals surface area contributed by atoms with E-state index in [1.54, 1.807) is 0 Å². The van der Waals surface area contributed by atoms with Crippen molar-refractivity contribution in [2.75, 3.05) is 26.9 Å². The fourth-order valence-corrected chi connectivity index (χ4v) is 3.43. The van der Waals surface area contributed by atoms with Crippen LogP contribution >= 0.6 is 0 Å². The number of hydrogen-bond acceptors (Lipinski definition) is 5. The smallest absolute Gasteiger partial charge is 0.407 e. The highest BCUT2D eigenvalue weighted by Crippen LogP contribution is 2.44. The SMILES string of the molecule is COCC(NC(=O)C#CCNC(=O)OCC1c2ccccc2-c2ccccc21)C(=O)O. The number of carboxylic acids is 1. The number of amides is 2. The lowest BCUT2D eigenvalue weighted by atomic mass is 9.98. The Morgan fingerprint density at radius 3 is 2.26 bits per heavy atom. The van der Waals surface area contributed by atoms with Gasteiger partial charge >= 0.3 is 12.1 Å². The maximum Gasteiger partial charge on any atom is 0.407 e. The molecule has 0 bridgehead atoms. The Bertz CT molecular complexity index is 994. The molecular weight excluding hydrogens is 400 g/mol. The van der Waals surface area contributed by atoms with Gasteiger partial charge in [-0.05, 0) is 28.2 Å². The Morgan fingerprint density at radius 1 is 1.06 bits per heavy atom. The molecule has 1 aliphatic rings. The summed E-state index contributed by atoms with van der Waals surface area (Å²) in [7, 11) is 1.33. The van der Waals surface area contributed by atoms with Crippen molar-refractivity contribution in [3.05, 3.63) is 59.7 Å². The second kappa shape index (κ2) is 10.3. The molecule has 3 rings (SSSR count). The van der Waals surface area contributed by atoms with Crippen LogP contribution in [0, 0.1) is 11.8 Å². The number of rotatable bonds is 7. The van der Waals surface area contributed by atoms with Crippen molar-refractivity contribution >= 4 is 18.0 Å². The van der Waals surface area contributed by atoms with Crippen LogP contribution in [0.2, 0.25) is 0 Å². The fraction of sp³-hybridized carbons (Fsp3) is 0.261. The maximum absolute atomic E-state index is 12.0. The number of alkyl carbamates (subject to hydrolysis) is 1. The first-order valence-electron chi connectivity index (χ1n) is 9.61. The Balaban J connectivity index is 1.49. The van der Waals surface area contributed by atoms with Gasteiger partial charge in [-0.15, -0.1) is 0 Å². The van der Waals surface area contributed by atoms with Crippen LogP contribution in [0.4, 0.5) is 4.79 Å². The lowest BCUT2D eigenvalue weighted by Crippen LogP contribution is -2.43. The van der Waals surface area contributed by atoms with E-state index in [2.05, 4.69) is 34.6 Å². The van der Waals surface area contributed by atoms with E-state index in [9.17, 15) is 14.4 Å². The van der Waals surface area contributed by atoms with E-state index in [4.69, 9.17) is 14.6 Å². The zero-order valence-corrected chi connectivity index (χ0v) is 16.9. The molecule has 1 aliphatic carbocycles. The maximum atomic E-state index is 12.0. The van der Waals surface area contributed by atoms with Crippen LogP contribution in [-0.4, -0.2) is 56.0 Å². The van der Waals surface area contributed by atoms with Gasteiger partial charge in [-0.3, -0.25) is 4.79 Å². The molecule has 2 aromatic carbocycles. The second-order valence-electron chi connectivity index (χ2n) is 6.80. The predicted molar refractivity (Wildman–Crippen MR) is 112 cm³/mol. The van der Waals surface area contributed by atoms with E-state index in [1.165, 1.54) is 7.11 Å². The molecule has 0 aliphatic heterocycles. The average Bonchev–Trinajstić information content (AvgIpc) is 3.09. The number of carbonyl (C=O) groups is 3. The van der Waals surface area contributed by atoms with E-state index in [0.29, 0.717) is 0 Å². The highest BCUT2D eigenvalue weighted by atomic mass is 16.5. The number of carboxylic acid groups (broad SMARTS) is 1. The molecule has 0 spiro atoms. The topological polar surface area (TPSA) is 114 Å². The summed E-state index contributed by atoms with van der Waals surface area (Å²) in [5.41, 5.74) is 4.49. The van der Waals surface area contributed by atoms with E-state index in [1.807, 2.05) is 36.4 Å². The van der Waals surface area contributed by atoms with Gasteiger partial charge in [0.25, 0.3) is 5.91 Å². The Kier molecular flexibility index (Phi) is 7.25. The molecule has 0 fully saturated rings. The molecule has 160 valence electrons. The van der Waals surface area contributed by atoms with Crippen LogP contribution in [0.3, 0.4) is 0 Å². The number of benzene rings is 2. The van der Waals surface area contributed by atoms with Crippen molar-refractivity contribution in [3.63, 3.8) is 0 Å². The molecule has 8 heteroatoms. The van der Waals surface area contributed by atoms with Gasteiger partial charge in [0.15, 0.2) is 6.04 Å². The summed E-state index contributed by atoms with van der Waals surface area (Å²) in [5, 5.41) is 13.6. The normalized spacial score (nSPS) is 12.5. The molecule has 0 radical (unpaired) electrons. The van der Waals surface area contributed by atoms with Crippen LogP contribution in [0.15, 0.2) is 48.5 Å². The van der Waals surface area contributed by atoms with Crippen LogP contribution in [0.5, 0.6) is 0 Å². The highest BCUT2D eigenvalue weighted by molar-refractivity contribution is 5.96.